The van der Waals surface area contributed by atoms with Gasteiger partial charge in [0.2, 0.25) is 0 Å². The first-order chi connectivity index (χ1) is 9.02. The summed E-state index contributed by atoms with van der Waals surface area (Å²) in [4.78, 5) is 11.9. The highest BCUT2D eigenvalue weighted by molar-refractivity contribution is 5.34. The summed E-state index contributed by atoms with van der Waals surface area (Å²) in [5.74, 6) is 0. The molecule has 1 saturated heterocycles. The molecule has 7 nitrogen and oxygen atoms in total. The van der Waals surface area contributed by atoms with Gasteiger partial charge in [-0.25, -0.2) is 0 Å². The molecule has 1 heterocycles. The predicted molar refractivity (Wildman–Crippen MR) is 66.4 cm³/mol. The van der Waals surface area contributed by atoms with Gasteiger partial charge in [0, 0.05) is 25.2 Å². The summed E-state index contributed by atoms with van der Waals surface area (Å²) < 4.78 is 0. The second kappa shape index (κ2) is 5.62. The highest BCUT2D eigenvalue weighted by atomic mass is 16.6. The van der Waals surface area contributed by atoms with E-state index in [1.807, 2.05) is 0 Å². The third kappa shape index (κ3) is 2.90. The van der Waals surface area contributed by atoms with E-state index in [0.717, 1.165) is 0 Å². The maximum atomic E-state index is 10.7. The lowest BCUT2D eigenvalue weighted by Crippen LogP contribution is -2.38. The third-order valence-electron chi connectivity index (χ3n) is 3.37. The van der Waals surface area contributed by atoms with Crippen molar-refractivity contribution in [1.82, 2.24) is 4.90 Å². The largest absolute Gasteiger partial charge is 0.395 e. The molecule has 19 heavy (non-hydrogen) atoms. The Kier molecular flexibility index (Phi) is 4.11. The van der Waals surface area contributed by atoms with Gasteiger partial charge in [0.1, 0.15) is 0 Å². The van der Waals surface area contributed by atoms with Crippen LogP contribution in [0.2, 0.25) is 0 Å². The van der Waals surface area contributed by atoms with Crippen LogP contribution in [-0.2, 0) is 6.54 Å². The van der Waals surface area contributed by atoms with Gasteiger partial charge in [-0.05, 0) is 5.56 Å². The summed E-state index contributed by atoms with van der Waals surface area (Å²) in [5, 5.41) is 39.2. The van der Waals surface area contributed by atoms with Gasteiger partial charge in [-0.15, -0.1) is 0 Å². The molecule has 7 heteroatoms. The fourth-order valence-corrected chi connectivity index (χ4v) is 2.36. The Morgan fingerprint density at radius 2 is 2.16 bits per heavy atom. The summed E-state index contributed by atoms with van der Waals surface area (Å²) in [6.07, 6.45) is -1.90. The van der Waals surface area contributed by atoms with E-state index < -0.39 is 23.2 Å². The maximum absolute atomic E-state index is 10.7. The summed E-state index contributed by atoms with van der Waals surface area (Å²) in [6, 6.07) is 5.63. The molecule has 0 aliphatic carbocycles. The van der Waals surface area contributed by atoms with Crippen LogP contribution in [0, 0.1) is 10.1 Å². The first-order valence-corrected chi connectivity index (χ1v) is 5.97. The second-order valence-corrected chi connectivity index (χ2v) is 4.66. The molecular weight excluding hydrogens is 252 g/mol. The number of aliphatic hydroxyl groups is 3. The highest BCUT2D eigenvalue weighted by Gasteiger charge is 2.39. The molecule has 104 valence electrons. The van der Waals surface area contributed by atoms with Crippen LogP contribution in [0.4, 0.5) is 5.69 Å². The zero-order valence-corrected chi connectivity index (χ0v) is 10.2. The number of nitrogens with zero attached hydrogens (tertiary/aromatic N) is 2. The summed E-state index contributed by atoms with van der Waals surface area (Å²) in [5.41, 5.74) is 0.701. The fraction of sp³-hybridized carbons (Fsp3) is 0.500. The quantitative estimate of drug-likeness (QED) is 0.501. The molecule has 1 aromatic rings. The van der Waals surface area contributed by atoms with Gasteiger partial charge in [-0.2, -0.15) is 0 Å². The summed E-state index contributed by atoms with van der Waals surface area (Å²) in [7, 11) is 0. The first kappa shape index (κ1) is 13.9. The molecular formula is C12H16N2O5. The van der Waals surface area contributed by atoms with Crippen LogP contribution in [0.25, 0.3) is 0 Å². The smallest absolute Gasteiger partial charge is 0.269 e. The van der Waals surface area contributed by atoms with Crippen molar-refractivity contribution in [3.8, 4) is 0 Å². The second-order valence-electron chi connectivity index (χ2n) is 4.66. The lowest BCUT2D eigenvalue weighted by atomic mass is 10.1. The monoisotopic (exact) mass is 268 g/mol. The van der Waals surface area contributed by atoms with Crippen molar-refractivity contribution < 1.29 is 20.2 Å². The lowest BCUT2D eigenvalue weighted by molar-refractivity contribution is -0.384. The zero-order valence-electron chi connectivity index (χ0n) is 10.2. The molecule has 1 aliphatic rings. The maximum Gasteiger partial charge on any atom is 0.269 e. The number of likely N-dealkylation sites (tertiary alicyclic amines) is 1. The van der Waals surface area contributed by atoms with Crippen molar-refractivity contribution in [2.45, 2.75) is 24.8 Å². The Morgan fingerprint density at radius 1 is 1.42 bits per heavy atom. The Morgan fingerprint density at radius 3 is 2.79 bits per heavy atom. The summed E-state index contributed by atoms with van der Waals surface area (Å²) in [6.45, 7) is 0.295. The summed E-state index contributed by atoms with van der Waals surface area (Å²) >= 11 is 0. The third-order valence-corrected chi connectivity index (χ3v) is 3.37. The number of nitro groups is 1. The first-order valence-electron chi connectivity index (χ1n) is 5.97. The molecule has 0 saturated carbocycles. The van der Waals surface area contributed by atoms with Crippen molar-refractivity contribution >= 4 is 5.69 Å². The number of non-ortho nitro benzene ring substituents is 1. The molecule has 0 radical (unpaired) electrons. The van der Waals surface area contributed by atoms with E-state index in [-0.39, 0.29) is 18.8 Å². The van der Waals surface area contributed by atoms with Crippen molar-refractivity contribution in [3.63, 3.8) is 0 Å². The van der Waals surface area contributed by atoms with E-state index in [9.17, 15) is 25.4 Å². The van der Waals surface area contributed by atoms with E-state index >= 15 is 0 Å². The van der Waals surface area contributed by atoms with Crippen LogP contribution >= 0.6 is 0 Å². The molecule has 3 N–H and O–H groups in total. The normalized spacial score (nSPS) is 27.6. The standard InChI is InChI=1S/C12H16N2O5/c15-7-10-12(17)11(16)6-13(10)5-8-2-1-3-9(4-8)14(18)19/h1-4,10-12,15-17H,5-7H2/t10-,11+,12-/m1/s1. The van der Waals surface area contributed by atoms with Crippen molar-refractivity contribution in [3.05, 3.63) is 39.9 Å². The number of nitro benzene ring substituents is 1. The van der Waals surface area contributed by atoms with Crippen LogP contribution in [-0.4, -0.2) is 56.5 Å². The number of rotatable bonds is 4. The van der Waals surface area contributed by atoms with Gasteiger partial charge in [-0.1, -0.05) is 12.1 Å². The topological polar surface area (TPSA) is 107 Å². The molecule has 2 rings (SSSR count). The number of aliphatic hydroxyl groups excluding tert-OH is 3. The lowest BCUT2D eigenvalue weighted by Gasteiger charge is -2.23. The Labute approximate surface area is 109 Å². The van der Waals surface area contributed by atoms with Crippen LogP contribution < -0.4 is 0 Å². The van der Waals surface area contributed by atoms with Gasteiger partial charge < -0.3 is 15.3 Å². The molecule has 0 spiro atoms. The molecule has 1 aliphatic heterocycles. The van der Waals surface area contributed by atoms with E-state index in [1.165, 1.54) is 12.1 Å². The van der Waals surface area contributed by atoms with Crippen molar-refractivity contribution in [2.75, 3.05) is 13.2 Å². The Bertz CT molecular complexity index is 467. The van der Waals surface area contributed by atoms with Crippen LogP contribution in [0.15, 0.2) is 24.3 Å². The molecule has 0 aromatic heterocycles. The van der Waals surface area contributed by atoms with Gasteiger partial charge >= 0.3 is 0 Å². The minimum Gasteiger partial charge on any atom is -0.395 e. The van der Waals surface area contributed by atoms with E-state index in [2.05, 4.69) is 0 Å². The van der Waals surface area contributed by atoms with Crippen molar-refractivity contribution in [2.24, 2.45) is 0 Å². The van der Waals surface area contributed by atoms with E-state index in [0.29, 0.717) is 12.1 Å². The van der Waals surface area contributed by atoms with Gasteiger partial charge in [0.05, 0.1) is 29.8 Å². The predicted octanol–water partition coefficient (Wildman–Crippen LogP) is -0.507. The molecule has 0 unspecified atom stereocenters. The van der Waals surface area contributed by atoms with Gasteiger partial charge in [0.15, 0.2) is 0 Å². The minimum absolute atomic E-state index is 0.00153. The minimum atomic E-state index is -0.997. The number of benzene rings is 1. The van der Waals surface area contributed by atoms with Crippen molar-refractivity contribution in [1.29, 1.82) is 0 Å². The molecule has 3 atom stereocenters. The number of hydrogen-bond acceptors (Lipinski definition) is 6. The SMILES string of the molecule is O=[N+]([O-])c1cccc(CN2C[C@H](O)[C@H](O)[C@H]2CO)c1. The van der Waals surface area contributed by atoms with E-state index in [1.54, 1.807) is 17.0 Å². The zero-order chi connectivity index (χ0) is 14.0. The number of β-amino-alcohol motifs (C(OH)–C–C–N with tert-alkyl or cyclic N) is 1. The highest BCUT2D eigenvalue weighted by Crippen LogP contribution is 2.22. The van der Waals surface area contributed by atoms with Crippen LogP contribution in [0.5, 0.6) is 0 Å². The Hall–Kier alpha value is -1.54. The van der Waals surface area contributed by atoms with Gasteiger partial charge in [-0.3, -0.25) is 15.0 Å². The fourth-order valence-electron chi connectivity index (χ4n) is 2.36. The molecule has 0 amide bonds. The molecule has 0 bridgehead atoms. The average molecular weight is 268 g/mol. The number of hydrogen-bond donors (Lipinski definition) is 3. The molecule has 1 fully saturated rings. The Balaban J connectivity index is 2.12. The average Bonchev–Trinajstić information content (AvgIpc) is 2.64. The molecule has 1 aromatic carbocycles. The van der Waals surface area contributed by atoms with Crippen LogP contribution in [0.3, 0.4) is 0 Å². The van der Waals surface area contributed by atoms with Crippen LogP contribution in [0.1, 0.15) is 5.56 Å². The van der Waals surface area contributed by atoms with E-state index in [4.69, 9.17) is 0 Å². The van der Waals surface area contributed by atoms with Gasteiger partial charge in [0.25, 0.3) is 5.69 Å².